The Morgan fingerprint density at radius 2 is 1.81 bits per heavy atom. The fraction of sp³-hybridized carbons (Fsp3) is 0.545. The Morgan fingerprint density at radius 3 is 2.25 bits per heavy atom. The third-order valence-corrected chi connectivity index (χ3v) is 2.70. The molecule has 0 aromatic carbocycles. The molecule has 0 radical (unpaired) electrons. The lowest BCUT2D eigenvalue weighted by molar-refractivity contribution is -0.138. The molecule has 0 aliphatic carbocycles. The number of nitrogens with zero attached hydrogens (tertiary/aromatic N) is 1. The van der Waals surface area contributed by atoms with E-state index in [0.717, 1.165) is 4.90 Å². The Bertz CT molecular complexity index is 340. The van der Waals surface area contributed by atoms with Crippen LogP contribution in [0.3, 0.4) is 0 Å². The molecule has 0 saturated heterocycles. The Labute approximate surface area is 94.5 Å². The molecule has 3 amide bonds. The van der Waals surface area contributed by atoms with Gasteiger partial charge in [-0.2, -0.15) is 0 Å². The first kappa shape index (κ1) is 12.4. The second kappa shape index (κ2) is 4.47. The van der Waals surface area contributed by atoms with Gasteiger partial charge in [-0.3, -0.25) is 19.3 Å². The van der Waals surface area contributed by atoms with Crippen LogP contribution in [-0.4, -0.2) is 36.2 Å². The first-order valence-corrected chi connectivity index (χ1v) is 5.14. The SMILES string of the molecule is CNC(=O)C(C)(C)CCN1C(=O)C=CC1=O. The van der Waals surface area contributed by atoms with Crippen LogP contribution in [0, 0.1) is 5.41 Å². The molecular weight excluding hydrogens is 208 g/mol. The van der Waals surface area contributed by atoms with Crippen LogP contribution < -0.4 is 5.32 Å². The highest BCUT2D eigenvalue weighted by Gasteiger charge is 2.30. The molecule has 1 N–H and O–H groups in total. The lowest BCUT2D eigenvalue weighted by Gasteiger charge is -2.24. The average Bonchev–Trinajstić information content (AvgIpc) is 2.55. The smallest absolute Gasteiger partial charge is 0.253 e. The van der Waals surface area contributed by atoms with E-state index in [1.165, 1.54) is 12.2 Å². The van der Waals surface area contributed by atoms with Crippen molar-refractivity contribution in [2.45, 2.75) is 20.3 Å². The third-order valence-electron chi connectivity index (χ3n) is 2.70. The number of carbonyl (C=O) groups is 3. The van der Waals surface area contributed by atoms with E-state index in [1.807, 2.05) is 0 Å². The predicted molar refractivity (Wildman–Crippen MR) is 58.3 cm³/mol. The van der Waals surface area contributed by atoms with Crippen LogP contribution in [0.2, 0.25) is 0 Å². The van der Waals surface area contributed by atoms with Crippen molar-refractivity contribution in [1.82, 2.24) is 10.2 Å². The standard InChI is InChI=1S/C11H16N2O3/c1-11(2,10(16)12-3)6-7-13-8(14)4-5-9(13)15/h4-5H,6-7H2,1-3H3,(H,12,16). The van der Waals surface area contributed by atoms with Crippen LogP contribution in [0.5, 0.6) is 0 Å². The van der Waals surface area contributed by atoms with Crippen molar-refractivity contribution >= 4 is 17.7 Å². The molecule has 0 saturated carbocycles. The predicted octanol–water partition coefficient (Wildman–Crippen LogP) is 0.0737. The number of nitrogens with one attached hydrogen (secondary N) is 1. The second-order valence-electron chi connectivity index (χ2n) is 4.37. The largest absolute Gasteiger partial charge is 0.359 e. The summed E-state index contributed by atoms with van der Waals surface area (Å²) in [5.74, 6) is -0.713. The molecule has 5 nitrogen and oxygen atoms in total. The van der Waals surface area contributed by atoms with Crippen molar-refractivity contribution in [3.8, 4) is 0 Å². The van der Waals surface area contributed by atoms with Crippen molar-refractivity contribution < 1.29 is 14.4 Å². The molecule has 1 heterocycles. The number of amides is 3. The Hall–Kier alpha value is -1.65. The number of rotatable bonds is 4. The minimum atomic E-state index is -0.585. The summed E-state index contributed by atoms with van der Waals surface area (Å²) in [4.78, 5) is 35.1. The van der Waals surface area contributed by atoms with Gasteiger partial charge in [0.2, 0.25) is 5.91 Å². The maximum absolute atomic E-state index is 11.5. The van der Waals surface area contributed by atoms with Crippen molar-refractivity contribution in [3.05, 3.63) is 12.2 Å². The monoisotopic (exact) mass is 224 g/mol. The summed E-state index contributed by atoms with van der Waals surface area (Å²) in [5.41, 5.74) is -0.585. The van der Waals surface area contributed by atoms with Crippen molar-refractivity contribution in [3.63, 3.8) is 0 Å². The van der Waals surface area contributed by atoms with E-state index in [9.17, 15) is 14.4 Å². The van der Waals surface area contributed by atoms with Crippen molar-refractivity contribution in [2.24, 2.45) is 5.41 Å². The third kappa shape index (κ3) is 2.48. The summed E-state index contributed by atoms with van der Waals surface area (Å²) >= 11 is 0. The maximum Gasteiger partial charge on any atom is 0.253 e. The number of hydrogen-bond donors (Lipinski definition) is 1. The van der Waals surface area contributed by atoms with Gasteiger partial charge in [0.05, 0.1) is 0 Å². The van der Waals surface area contributed by atoms with Gasteiger partial charge < -0.3 is 5.32 Å². The lowest BCUT2D eigenvalue weighted by Crippen LogP contribution is -2.39. The highest BCUT2D eigenvalue weighted by Crippen LogP contribution is 2.21. The molecule has 0 aromatic rings. The molecule has 0 fully saturated rings. The molecular formula is C11H16N2O3. The topological polar surface area (TPSA) is 66.5 Å². The minimum Gasteiger partial charge on any atom is -0.359 e. The molecule has 0 bridgehead atoms. The van der Waals surface area contributed by atoms with Gasteiger partial charge in [-0.05, 0) is 6.42 Å². The van der Waals surface area contributed by atoms with Crippen LogP contribution in [-0.2, 0) is 14.4 Å². The van der Waals surface area contributed by atoms with Gasteiger partial charge in [-0.1, -0.05) is 13.8 Å². The summed E-state index contributed by atoms with van der Waals surface area (Å²) in [6.07, 6.45) is 2.94. The summed E-state index contributed by atoms with van der Waals surface area (Å²) < 4.78 is 0. The molecule has 88 valence electrons. The molecule has 0 spiro atoms. The number of imide groups is 1. The molecule has 1 aliphatic heterocycles. The fourth-order valence-electron chi connectivity index (χ4n) is 1.49. The molecule has 0 atom stereocenters. The molecule has 0 aromatic heterocycles. The normalized spacial score (nSPS) is 15.8. The van der Waals surface area contributed by atoms with Crippen LogP contribution in [0.25, 0.3) is 0 Å². The van der Waals surface area contributed by atoms with E-state index in [4.69, 9.17) is 0 Å². The van der Waals surface area contributed by atoms with Gasteiger partial charge >= 0.3 is 0 Å². The van der Waals surface area contributed by atoms with Gasteiger partial charge in [-0.25, -0.2) is 0 Å². The summed E-state index contributed by atoms with van der Waals surface area (Å²) in [7, 11) is 1.57. The zero-order valence-electron chi connectivity index (χ0n) is 9.74. The van der Waals surface area contributed by atoms with Gasteiger partial charge in [0, 0.05) is 31.2 Å². The fourth-order valence-corrected chi connectivity index (χ4v) is 1.49. The lowest BCUT2D eigenvalue weighted by atomic mass is 9.88. The van der Waals surface area contributed by atoms with Crippen molar-refractivity contribution in [2.75, 3.05) is 13.6 Å². The van der Waals surface area contributed by atoms with Crippen LogP contribution >= 0.6 is 0 Å². The molecule has 5 heteroatoms. The van der Waals surface area contributed by atoms with Gasteiger partial charge in [0.1, 0.15) is 0 Å². The van der Waals surface area contributed by atoms with E-state index < -0.39 is 5.41 Å². The molecule has 1 rings (SSSR count). The highest BCUT2D eigenvalue weighted by atomic mass is 16.2. The Balaban J connectivity index is 2.55. The van der Waals surface area contributed by atoms with Crippen LogP contribution in [0.15, 0.2) is 12.2 Å². The van der Waals surface area contributed by atoms with E-state index >= 15 is 0 Å². The average molecular weight is 224 g/mol. The van der Waals surface area contributed by atoms with E-state index in [-0.39, 0.29) is 24.3 Å². The van der Waals surface area contributed by atoms with E-state index in [2.05, 4.69) is 5.32 Å². The molecule has 16 heavy (non-hydrogen) atoms. The Morgan fingerprint density at radius 1 is 1.31 bits per heavy atom. The van der Waals surface area contributed by atoms with Crippen LogP contribution in [0.4, 0.5) is 0 Å². The summed E-state index contributed by atoms with van der Waals surface area (Å²) in [6, 6.07) is 0. The minimum absolute atomic E-state index is 0.0976. The maximum atomic E-state index is 11.5. The van der Waals surface area contributed by atoms with E-state index in [1.54, 1.807) is 20.9 Å². The van der Waals surface area contributed by atoms with E-state index in [0.29, 0.717) is 6.42 Å². The molecule has 0 unspecified atom stereocenters. The first-order chi connectivity index (χ1) is 7.38. The molecule has 1 aliphatic rings. The zero-order chi connectivity index (χ0) is 12.3. The summed E-state index contributed by atoms with van der Waals surface area (Å²) in [5, 5.41) is 2.56. The van der Waals surface area contributed by atoms with Gasteiger partial charge in [0.15, 0.2) is 0 Å². The first-order valence-electron chi connectivity index (χ1n) is 5.14. The van der Waals surface area contributed by atoms with Gasteiger partial charge in [0.25, 0.3) is 11.8 Å². The van der Waals surface area contributed by atoms with Gasteiger partial charge in [-0.15, -0.1) is 0 Å². The Kier molecular flexibility index (Phi) is 3.47. The number of carbonyl (C=O) groups excluding carboxylic acids is 3. The van der Waals surface area contributed by atoms with Crippen molar-refractivity contribution in [1.29, 1.82) is 0 Å². The zero-order valence-corrected chi connectivity index (χ0v) is 9.74. The van der Waals surface area contributed by atoms with Crippen LogP contribution in [0.1, 0.15) is 20.3 Å². The highest BCUT2D eigenvalue weighted by molar-refractivity contribution is 6.12. The quantitative estimate of drug-likeness (QED) is 0.687. The summed E-state index contributed by atoms with van der Waals surface area (Å²) in [6.45, 7) is 3.83. The second-order valence-corrected chi connectivity index (χ2v) is 4.37. The number of hydrogen-bond acceptors (Lipinski definition) is 3.